The van der Waals surface area contributed by atoms with Gasteiger partial charge in [0.1, 0.15) is 12.1 Å². The van der Waals surface area contributed by atoms with Crippen LogP contribution >= 0.6 is 12.4 Å². The molecule has 1 amide bonds. The van der Waals surface area contributed by atoms with Crippen LogP contribution in [0.1, 0.15) is 35.7 Å². The molecule has 1 atom stereocenters. The highest BCUT2D eigenvalue weighted by Crippen LogP contribution is 2.14. The van der Waals surface area contributed by atoms with Gasteiger partial charge in [0.2, 0.25) is 5.91 Å². The summed E-state index contributed by atoms with van der Waals surface area (Å²) in [6.45, 7) is 6.77. The molecule has 4 N–H and O–H groups in total. The SMILES string of the molecule is CC(C=CC(C=O)NCc1ccccc1)=CCC(=O)NCc1c(C)cc(N)nc1C.Cl. The third-order valence-electron chi connectivity index (χ3n) is 4.74. The van der Waals surface area contributed by atoms with E-state index in [0.29, 0.717) is 18.9 Å². The van der Waals surface area contributed by atoms with Crippen molar-refractivity contribution < 1.29 is 9.59 Å². The highest BCUT2D eigenvalue weighted by Gasteiger charge is 2.07. The molecule has 1 aromatic carbocycles. The van der Waals surface area contributed by atoms with E-state index in [0.717, 1.165) is 34.2 Å². The minimum atomic E-state index is -0.383. The maximum Gasteiger partial charge on any atom is 0.224 e. The predicted octanol–water partition coefficient (Wildman–Crippen LogP) is 3.57. The first kappa shape index (κ1) is 26.1. The zero-order chi connectivity index (χ0) is 21.9. The number of benzene rings is 1. The number of allylic oxidation sites excluding steroid dienone is 2. The van der Waals surface area contributed by atoms with Gasteiger partial charge in [-0.15, -0.1) is 12.4 Å². The van der Waals surface area contributed by atoms with Crippen molar-refractivity contribution in [3.63, 3.8) is 0 Å². The largest absolute Gasteiger partial charge is 0.384 e. The fraction of sp³-hybridized carbons (Fsp3) is 0.292. The van der Waals surface area contributed by atoms with Crippen LogP contribution < -0.4 is 16.4 Å². The fourth-order valence-corrected chi connectivity index (χ4v) is 2.98. The van der Waals surface area contributed by atoms with Crippen LogP contribution in [0.2, 0.25) is 0 Å². The molecule has 0 fully saturated rings. The van der Waals surface area contributed by atoms with E-state index in [1.807, 2.05) is 63.3 Å². The second kappa shape index (κ2) is 13.4. The normalized spacial score (nSPS) is 12.3. The third-order valence-corrected chi connectivity index (χ3v) is 4.74. The number of carbonyl (C=O) groups is 2. The molecule has 166 valence electrons. The van der Waals surface area contributed by atoms with Crippen molar-refractivity contribution in [3.8, 4) is 0 Å². The summed E-state index contributed by atoms with van der Waals surface area (Å²) in [5.74, 6) is 0.407. The van der Waals surface area contributed by atoms with Crippen LogP contribution in [0.3, 0.4) is 0 Å². The maximum absolute atomic E-state index is 12.2. The Kier molecular flexibility index (Phi) is 11.2. The first-order chi connectivity index (χ1) is 14.4. The van der Waals surface area contributed by atoms with E-state index in [9.17, 15) is 9.59 Å². The number of aldehydes is 1. The Hall–Kier alpha value is -2.96. The summed E-state index contributed by atoms with van der Waals surface area (Å²) in [7, 11) is 0. The number of hydrogen-bond donors (Lipinski definition) is 3. The Morgan fingerprint density at radius 1 is 1.19 bits per heavy atom. The quantitative estimate of drug-likeness (QED) is 0.386. The molecule has 7 heteroatoms. The molecule has 0 aliphatic rings. The standard InChI is InChI=1S/C24H30N4O2.ClH/c1-17(9-11-21(16-29)26-14-20-7-5-4-6-8-20)10-12-24(30)27-15-22-18(2)13-23(25)28-19(22)3;/h4-11,13,16,21,26H,12,14-15H2,1-3H3,(H2,25,28)(H,27,30);1H. The number of nitrogens with one attached hydrogen (secondary N) is 2. The lowest BCUT2D eigenvalue weighted by atomic mass is 10.1. The van der Waals surface area contributed by atoms with E-state index in [2.05, 4.69) is 15.6 Å². The van der Waals surface area contributed by atoms with Crippen molar-refractivity contribution in [1.29, 1.82) is 0 Å². The number of nitrogen functional groups attached to an aromatic ring is 1. The topological polar surface area (TPSA) is 97.1 Å². The summed E-state index contributed by atoms with van der Waals surface area (Å²) in [5, 5.41) is 6.10. The Bertz CT molecular complexity index is 903. The Morgan fingerprint density at radius 3 is 2.55 bits per heavy atom. The maximum atomic E-state index is 12.2. The molecule has 0 saturated carbocycles. The zero-order valence-corrected chi connectivity index (χ0v) is 19.0. The number of nitrogens with zero attached hydrogens (tertiary/aromatic N) is 1. The van der Waals surface area contributed by atoms with E-state index in [-0.39, 0.29) is 30.8 Å². The molecule has 0 radical (unpaired) electrons. The Balaban J connectivity index is 0.00000480. The number of hydrogen-bond acceptors (Lipinski definition) is 5. The fourth-order valence-electron chi connectivity index (χ4n) is 2.98. The van der Waals surface area contributed by atoms with Crippen LogP contribution in [-0.4, -0.2) is 23.2 Å². The van der Waals surface area contributed by atoms with Crippen molar-refractivity contribution in [2.75, 3.05) is 5.73 Å². The first-order valence-corrected chi connectivity index (χ1v) is 9.96. The van der Waals surface area contributed by atoms with Crippen LogP contribution in [0.4, 0.5) is 5.82 Å². The highest BCUT2D eigenvalue weighted by molar-refractivity contribution is 5.85. The van der Waals surface area contributed by atoms with Gasteiger partial charge in [-0.05, 0) is 43.5 Å². The number of anilines is 1. The van der Waals surface area contributed by atoms with Gasteiger partial charge < -0.3 is 21.2 Å². The lowest BCUT2D eigenvalue weighted by Crippen LogP contribution is -2.27. The second-order valence-electron chi connectivity index (χ2n) is 7.24. The molecule has 0 spiro atoms. The van der Waals surface area contributed by atoms with E-state index < -0.39 is 0 Å². The molecular formula is C24H31ClN4O2. The number of amides is 1. The van der Waals surface area contributed by atoms with Gasteiger partial charge in [0, 0.05) is 25.2 Å². The smallest absolute Gasteiger partial charge is 0.224 e. The van der Waals surface area contributed by atoms with Gasteiger partial charge in [-0.3, -0.25) is 4.79 Å². The minimum absolute atomic E-state index is 0. The molecule has 6 nitrogen and oxygen atoms in total. The lowest BCUT2D eigenvalue weighted by molar-refractivity contribution is -0.120. The number of aryl methyl sites for hydroxylation is 2. The van der Waals surface area contributed by atoms with Gasteiger partial charge in [-0.2, -0.15) is 0 Å². The molecule has 2 aromatic rings. The van der Waals surface area contributed by atoms with Gasteiger partial charge >= 0.3 is 0 Å². The minimum Gasteiger partial charge on any atom is -0.384 e. The Labute approximate surface area is 190 Å². The summed E-state index contributed by atoms with van der Waals surface area (Å²) in [4.78, 5) is 27.7. The summed E-state index contributed by atoms with van der Waals surface area (Å²) >= 11 is 0. The van der Waals surface area contributed by atoms with Crippen molar-refractivity contribution in [2.24, 2.45) is 0 Å². The monoisotopic (exact) mass is 442 g/mol. The number of halogens is 1. The van der Waals surface area contributed by atoms with Crippen LogP contribution in [0.15, 0.2) is 60.2 Å². The molecule has 31 heavy (non-hydrogen) atoms. The number of carbonyl (C=O) groups excluding carboxylic acids is 2. The van der Waals surface area contributed by atoms with Crippen LogP contribution in [0.25, 0.3) is 0 Å². The summed E-state index contributed by atoms with van der Waals surface area (Å²) in [6.07, 6.45) is 6.62. The average molecular weight is 443 g/mol. The van der Waals surface area contributed by atoms with Gasteiger partial charge in [0.25, 0.3) is 0 Å². The zero-order valence-electron chi connectivity index (χ0n) is 18.2. The van der Waals surface area contributed by atoms with Crippen LogP contribution in [0.5, 0.6) is 0 Å². The predicted molar refractivity (Wildman–Crippen MR) is 128 cm³/mol. The molecule has 1 unspecified atom stereocenters. The number of nitrogens with two attached hydrogens (primary N) is 1. The Morgan fingerprint density at radius 2 is 1.90 bits per heavy atom. The first-order valence-electron chi connectivity index (χ1n) is 9.96. The molecule has 0 saturated heterocycles. The second-order valence-corrected chi connectivity index (χ2v) is 7.24. The van der Waals surface area contributed by atoms with E-state index in [4.69, 9.17) is 5.73 Å². The lowest BCUT2D eigenvalue weighted by Gasteiger charge is -2.11. The number of aromatic nitrogens is 1. The highest BCUT2D eigenvalue weighted by atomic mass is 35.5. The van der Waals surface area contributed by atoms with Crippen molar-refractivity contribution in [3.05, 3.63) is 82.6 Å². The molecule has 0 aliphatic carbocycles. The van der Waals surface area contributed by atoms with Gasteiger partial charge in [-0.1, -0.05) is 54.1 Å². The number of rotatable bonds is 10. The van der Waals surface area contributed by atoms with Crippen LogP contribution in [0, 0.1) is 13.8 Å². The molecule has 1 aromatic heterocycles. The van der Waals surface area contributed by atoms with Gasteiger partial charge in [-0.25, -0.2) is 4.98 Å². The van der Waals surface area contributed by atoms with E-state index >= 15 is 0 Å². The van der Waals surface area contributed by atoms with Crippen molar-refractivity contribution >= 4 is 30.4 Å². The molecule has 0 bridgehead atoms. The molecule has 2 rings (SSSR count). The van der Waals surface area contributed by atoms with Crippen molar-refractivity contribution in [2.45, 2.75) is 46.3 Å². The van der Waals surface area contributed by atoms with Gasteiger partial charge in [0.15, 0.2) is 0 Å². The number of pyridine rings is 1. The summed E-state index contributed by atoms with van der Waals surface area (Å²) in [6, 6.07) is 11.3. The van der Waals surface area contributed by atoms with E-state index in [1.54, 1.807) is 12.1 Å². The molecular weight excluding hydrogens is 412 g/mol. The summed E-state index contributed by atoms with van der Waals surface area (Å²) in [5.41, 5.74) is 10.6. The summed E-state index contributed by atoms with van der Waals surface area (Å²) < 4.78 is 0. The molecule has 1 heterocycles. The van der Waals surface area contributed by atoms with Gasteiger partial charge in [0.05, 0.1) is 6.04 Å². The third kappa shape index (κ3) is 9.15. The van der Waals surface area contributed by atoms with Crippen LogP contribution in [-0.2, 0) is 22.7 Å². The average Bonchev–Trinajstić information content (AvgIpc) is 2.72. The van der Waals surface area contributed by atoms with Crippen molar-refractivity contribution in [1.82, 2.24) is 15.6 Å². The van der Waals surface area contributed by atoms with E-state index in [1.165, 1.54) is 0 Å². The molecule has 0 aliphatic heterocycles.